The highest BCUT2D eigenvalue weighted by Gasteiger charge is 2.19. The Kier molecular flexibility index (Phi) is 4.91. The first-order valence-corrected chi connectivity index (χ1v) is 5.62. The van der Waals surface area contributed by atoms with E-state index in [1.54, 1.807) is 13.8 Å². The van der Waals surface area contributed by atoms with Crippen LogP contribution in [0.15, 0.2) is 36.9 Å². The van der Waals surface area contributed by atoms with E-state index in [9.17, 15) is 9.90 Å². The van der Waals surface area contributed by atoms with E-state index in [1.165, 1.54) is 0 Å². The number of carbonyl (C=O) groups excluding carboxylic acids is 1. The molecule has 1 N–H and O–H groups in total. The maximum Gasteiger partial charge on any atom is 0.335 e. The fourth-order valence-corrected chi connectivity index (χ4v) is 1.42. The molecule has 0 spiro atoms. The molecule has 0 saturated heterocycles. The number of aliphatic hydroxyl groups excluding tert-OH is 1. The number of hydrogen-bond donors (Lipinski definition) is 1. The van der Waals surface area contributed by atoms with Crippen molar-refractivity contribution >= 4 is 11.5 Å². The van der Waals surface area contributed by atoms with Gasteiger partial charge < -0.3 is 9.84 Å². The van der Waals surface area contributed by atoms with E-state index >= 15 is 0 Å². The van der Waals surface area contributed by atoms with Gasteiger partial charge in [0.15, 0.2) is 6.10 Å². The maximum absolute atomic E-state index is 11.4. The van der Waals surface area contributed by atoms with Crippen molar-refractivity contribution in [2.24, 2.45) is 0 Å². The largest absolute Gasteiger partial charge is 0.461 e. The highest BCUT2D eigenvalue weighted by atomic mass is 16.6. The van der Waals surface area contributed by atoms with Crippen molar-refractivity contribution in [1.82, 2.24) is 0 Å². The Morgan fingerprint density at radius 2 is 1.94 bits per heavy atom. The summed E-state index contributed by atoms with van der Waals surface area (Å²) in [6.07, 6.45) is -1.18. The van der Waals surface area contributed by atoms with Crippen LogP contribution < -0.4 is 0 Å². The fraction of sp³-hybridized carbons (Fsp3) is 0.357. The minimum absolute atomic E-state index is 0.190. The van der Waals surface area contributed by atoms with Crippen LogP contribution in [-0.4, -0.2) is 23.3 Å². The number of carbonyl (C=O) groups is 1. The van der Waals surface area contributed by atoms with Crippen LogP contribution in [0.3, 0.4) is 0 Å². The zero-order chi connectivity index (χ0) is 12.8. The quantitative estimate of drug-likeness (QED) is 0.796. The smallest absolute Gasteiger partial charge is 0.335 e. The summed E-state index contributed by atoms with van der Waals surface area (Å²) in [6.45, 7) is 7.35. The molecule has 0 saturated carbocycles. The van der Waals surface area contributed by atoms with Gasteiger partial charge in [-0.2, -0.15) is 0 Å². The SMILES string of the molecule is C=C(C[C@H](O)C(=O)OC(C)C)c1ccccc1. The lowest BCUT2D eigenvalue weighted by Crippen LogP contribution is -2.25. The van der Waals surface area contributed by atoms with E-state index in [1.807, 2.05) is 30.3 Å². The summed E-state index contributed by atoms with van der Waals surface area (Å²) in [5.41, 5.74) is 1.64. The van der Waals surface area contributed by atoms with Crippen LogP contribution in [-0.2, 0) is 9.53 Å². The van der Waals surface area contributed by atoms with Crippen molar-refractivity contribution in [2.45, 2.75) is 32.5 Å². The van der Waals surface area contributed by atoms with Gasteiger partial charge in [-0.1, -0.05) is 36.9 Å². The van der Waals surface area contributed by atoms with Gasteiger partial charge in [-0.15, -0.1) is 0 Å². The summed E-state index contributed by atoms with van der Waals surface area (Å²) in [4.78, 5) is 11.4. The zero-order valence-electron chi connectivity index (χ0n) is 10.2. The van der Waals surface area contributed by atoms with E-state index in [0.29, 0.717) is 0 Å². The molecule has 17 heavy (non-hydrogen) atoms. The third kappa shape index (κ3) is 4.41. The number of esters is 1. The van der Waals surface area contributed by atoms with Crippen LogP contribution in [0.2, 0.25) is 0 Å². The summed E-state index contributed by atoms with van der Waals surface area (Å²) in [7, 11) is 0. The van der Waals surface area contributed by atoms with Gasteiger partial charge in [0.05, 0.1) is 6.10 Å². The summed E-state index contributed by atoms with van der Waals surface area (Å²) in [6, 6.07) is 9.46. The molecule has 1 rings (SSSR count). The van der Waals surface area contributed by atoms with Gasteiger partial charge >= 0.3 is 5.97 Å². The molecular formula is C14H18O3. The third-order valence-electron chi connectivity index (χ3n) is 2.25. The predicted octanol–water partition coefficient (Wildman–Crippen LogP) is 2.40. The Labute approximate surface area is 102 Å². The van der Waals surface area contributed by atoms with Gasteiger partial charge in [-0.05, 0) is 25.0 Å². The molecule has 0 amide bonds. The van der Waals surface area contributed by atoms with Crippen LogP contribution >= 0.6 is 0 Å². The van der Waals surface area contributed by atoms with Gasteiger partial charge in [0.1, 0.15) is 0 Å². The van der Waals surface area contributed by atoms with Crippen LogP contribution in [0.25, 0.3) is 5.57 Å². The lowest BCUT2D eigenvalue weighted by molar-refractivity contribution is -0.157. The van der Waals surface area contributed by atoms with Gasteiger partial charge in [0, 0.05) is 6.42 Å². The average molecular weight is 234 g/mol. The molecule has 0 fully saturated rings. The van der Waals surface area contributed by atoms with Crippen LogP contribution in [0, 0.1) is 0 Å². The van der Waals surface area contributed by atoms with Crippen molar-refractivity contribution in [3.63, 3.8) is 0 Å². The van der Waals surface area contributed by atoms with E-state index in [-0.39, 0.29) is 12.5 Å². The Bertz CT molecular complexity index is 382. The first-order valence-electron chi connectivity index (χ1n) is 5.62. The molecule has 0 aliphatic carbocycles. The lowest BCUT2D eigenvalue weighted by atomic mass is 10.0. The maximum atomic E-state index is 11.4. The number of benzene rings is 1. The van der Waals surface area contributed by atoms with Crippen LogP contribution in [0.4, 0.5) is 0 Å². The molecular weight excluding hydrogens is 216 g/mol. The Morgan fingerprint density at radius 3 is 2.47 bits per heavy atom. The Hall–Kier alpha value is -1.61. The van der Waals surface area contributed by atoms with Crippen LogP contribution in [0.1, 0.15) is 25.8 Å². The molecule has 1 atom stereocenters. The average Bonchev–Trinajstić information content (AvgIpc) is 2.29. The Morgan fingerprint density at radius 1 is 1.35 bits per heavy atom. The molecule has 0 aliphatic rings. The van der Waals surface area contributed by atoms with Crippen molar-refractivity contribution in [3.05, 3.63) is 42.5 Å². The number of ether oxygens (including phenoxy) is 1. The highest BCUT2D eigenvalue weighted by Crippen LogP contribution is 2.18. The van der Waals surface area contributed by atoms with Crippen molar-refractivity contribution < 1.29 is 14.6 Å². The molecule has 1 aromatic carbocycles. The monoisotopic (exact) mass is 234 g/mol. The molecule has 0 heterocycles. The molecule has 0 aromatic heterocycles. The lowest BCUT2D eigenvalue weighted by Gasteiger charge is -2.14. The minimum atomic E-state index is -1.15. The molecule has 92 valence electrons. The topological polar surface area (TPSA) is 46.5 Å². The first kappa shape index (κ1) is 13.5. The summed E-state index contributed by atoms with van der Waals surface area (Å²) in [5.74, 6) is -0.600. The number of hydrogen-bond acceptors (Lipinski definition) is 3. The first-order chi connectivity index (χ1) is 8.00. The van der Waals surface area contributed by atoms with Gasteiger partial charge in [-0.3, -0.25) is 0 Å². The van der Waals surface area contributed by atoms with Crippen molar-refractivity contribution in [2.75, 3.05) is 0 Å². The standard InChI is InChI=1S/C14H18O3/c1-10(2)17-14(16)13(15)9-11(3)12-7-5-4-6-8-12/h4-8,10,13,15H,3,9H2,1-2H3/t13-/m0/s1. The van der Waals surface area contributed by atoms with Crippen LogP contribution in [0.5, 0.6) is 0 Å². The molecule has 3 nitrogen and oxygen atoms in total. The molecule has 1 aromatic rings. The van der Waals surface area contributed by atoms with Crippen molar-refractivity contribution in [3.8, 4) is 0 Å². The fourth-order valence-electron chi connectivity index (χ4n) is 1.42. The Balaban J connectivity index is 2.55. The summed E-state index contributed by atoms with van der Waals surface area (Å²) < 4.78 is 4.92. The molecule has 0 unspecified atom stereocenters. The van der Waals surface area contributed by atoms with Gasteiger partial charge in [0.25, 0.3) is 0 Å². The zero-order valence-corrected chi connectivity index (χ0v) is 10.2. The molecule has 0 radical (unpaired) electrons. The van der Waals surface area contributed by atoms with Gasteiger partial charge in [-0.25, -0.2) is 4.79 Å². The van der Waals surface area contributed by atoms with E-state index < -0.39 is 12.1 Å². The van der Waals surface area contributed by atoms with Gasteiger partial charge in [0.2, 0.25) is 0 Å². The van der Waals surface area contributed by atoms with Crippen molar-refractivity contribution in [1.29, 1.82) is 0 Å². The second-order valence-corrected chi connectivity index (χ2v) is 4.18. The van der Waals surface area contributed by atoms with E-state index in [0.717, 1.165) is 11.1 Å². The summed E-state index contributed by atoms with van der Waals surface area (Å²) in [5, 5.41) is 9.66. The van der Waals surface area contributed by atoms with E-state index in [2.05, 4.69) is 6.58 Å². The number of rotatable bonds is 5. The molecule has 3 heteroatoms. The summed E-state index contributed by atoms with van der Waals surface area (Å²) >= 11 is 0. The number of aliphatic hydroxyl groups is 1. The van der Waals surface area contributed by atoms with E-state index in [4.69, 9.17) is 4.74 Å². The predicted molar refractivity (Wildman–Crippen MR) is 67.3 cm³/mol. The normalized spacial score (nSPS) is 12.2. The molecule has 0 aliphatic heterocycles. The molecule has 0 bridgehead atoms. The minimum Gasteiger partial charge on any atom is -0.461 e. The second-order valence-electron chi connectivity index (χ2n) is 4.18. The second kappa shape index (κ2) is 6.21. The highest BCUT2D eigenvalue weighted by molar-refractivity contribution is 5.78. The third-order valence-corrected chi connectivity index (χ3v) is 2.25.